The zero-order valence-corrected chi connectivity index (χ0v) is 10.7. The number of nitro benzene ring substituents is 1. The van der Waals surface area contributed by atoms with Crippen molar-refractivity contribution in [2.24, 2.45) is 5.73 Å². The second-order valence-electron chi connectivity index (χ2n) is 4.96. The van der Waals surface area contributed by atoms with Crippen LogP contribution >= 0.6 is 0 Å². The highest BCUT2D eigenvalue weighted by molar-refractivity contribution is 5.79. The molecule has 0 aromatic heterocycles. The fourth-order valence-electron chi connectivity index (χ4n) is 1.96. The van der Waals surface area contributed by atoms with E-state index >= 15 is 0 Å². The van der Waals surface area contributed by atoms with Gasteiger partial charge in [-0.1, -0.05) is 6.08 Å². The number of amides is 1. The molecule has 2 rings (SSSR count). The Labute approximate surface area is 110 Å². The van der Waals surface area contributed by atoms with Gasteiger partial charge in [0, 0.05) is 11.1 Å². The van der Waals surface area contributed by atoms with E-state index in [4.69, 9.17) is 10.5 Å². The topological polar surface area (TPSA) is 95.5 Å². The summed E-state index contributed by atoms with van der Waals surface area (Å²) in [6.45, 7) is 3.71. The maximum Gasteiger partial charge on any atom is 0.276 e. The van der Waals surface area contributed by atoms with Crippen LogP contribution in [0, 0.1) is 10.1 Å². The van der Waals surface area contributed by atoms with Gasteiger partial charge >= 0.3 is 0 Å². The van der Waals surface area contributed by atoms with Crippen molar-refractivity contribution in [2.45, 2.75) is 25.9 Å². The molecule has 1 aromatic rings. The summed E-state index contributed by atoms with van der Waals surface area (Å²) in [7, 11) is 0. The quantitative estimate of drug-likeness (QED) is 0.663. The molecule has 100 valence electrons. The molecular formula is C13H14N2O4. The Morgan fingerprint density at radius 2 is 2.16 bits per heavy atom. The highest BCUT2D eigenvalue weighted by atomic mass is 16.6. The third-order valence-corrected chi connectivity index (χ3v) is 2.81. The van der Waals surface area contributed by atoms with Crippen molar-refractivity contribution in [1.29, 1.82) is 0 Å². The largest absolute Gasteiger partial charge is 0.483 e. The Hall–Kier alpha value is -2.37. The van der Waals surface area contributed by atoms with Crippen molar-refractivity contribution in [3.63, 3.8) is 0 Å². The monoisotopic (exact) mass is 262 g/mol. The molecule has 1 amide bonds. The van der Waals surface area contributed by atoms with Gasteiger partial charge in [-0.15, -0.1) is 0 Å². The molecule has 0 radical (unpaired) electrons. The van der Waals surface area contributed by atoms with Crippen LogP contribution < -0.4 is 10.5 Å². The third-order valence-electron chi connectivity index (χ3n) is 2.81. The van der Waals surface area contributed by atoms with Gasteiger partial charge in [0.15, 0.2) is 0 Å². The fraction of sp³-hybridized carbons (Fsp3) is 0.308. The molecule has 1 aliphatic heterocycles. The van der Waals surface area contributed by atoms with Gasteiger partial charge in [-0.25, -0.2) is 0 Å². The number of nitrogens with zero attached hydrogens (tertiary/aromatic N) is 1. The van der Waals surface area contributed by atoms with Crippen molar-refractivity contribution in [3.8, 4) is 5.75 Å². The Morgan fingerprint density at radius 3 is 2.74 bits per heavy atom. The molecule has 0 aliphatic carbocycles. The van der Waals surface area contributed by atoms with E-state index < -0.39 is 16.4 Å². The van der Waals surface area contributed by atoms with E-state index in [9.17, 15) is 14.9 Å². The average molecular weight is 262 g/mol. The van der Waals surface area contributed by atoms with E-state index in [-0.39, 0.29) is 12.1 Å². The van der Waals surface area contributed by atoms with Gasteiger partial charge in [0.1, 0.15) is 11.4 Å². The smallest absolute Gasteiger partial charge is 0.276 e. The lowest BCUT2D eigenvalue weighted by Gasteiger charge is -2.27. The molecule has 2 N–H and O–H groups in total. The molecule has 0 saturated carbocycles. The third kappa shape index (κ3) is 2.73. The SMILES string of the molecule is CC1(C)C=Cc2cc(CC(N)=O)c([N+](=O)[O-])cc2O1. The van der Waals surface area contributed by atoms with Crippen molar-refractivity contribution in [2.75, 3.05) is 0 Å². The first-order valence-electron chi connectivity index (χ1n) is 5.76. The second kappa shape index (κ2) is 4.38. The number of primary amides is 1. The molecule has 1 aliphatic rings. The highest BCUT2D eigenvalue weighted by Crippen LogP contribution is 2.36. The number of fused-ring (bicyclic) bond motifs is 1. The molecule has 19 heavy (non-hydrogen) atoms. The van der Waals surface area contributed by atoms with Crippen molar-refractivity contribution in [3.05, 3.63) is 39.4 Å². The molecule has 0 unspecified atom stereocenters. The van der Waals surface area contributed by atoms with E-state index in [1.165, 1.54) is 6.07 Å². The van der Waals surface area contributed by atoms with Crippen LogP contribution in [-0.2, 0) is 11.2 Å². The van der Waals surface area contributed by atoms with Gasteiger partial charge < -0.3 is 10.5 Å². The van der Waals surface area contributed by atoms with Crippen molar-refractivity contribution in [1.82, 2.24) is 0 Å². The summed E-state index contributed by atoms with van der Waals surface area (Å²) in [6, 6.07) is 2.92. The zero-order valence-electron chi connectivity index (χ0n) is 10.7. The Bertz CT molecular complexity index is 591. The summed E-state index contributed by atoms with van der Waals surface area (Å²) in [5.41, 5.74) is 5.45. The molecule has 0 atom stereocenters. The minimum atomic E-state index is -0.607. The Kier molecular flexibility index (Phi) is 3.01. The van der Waals surface area contributed by atoms with E-state index in [1.807, 2.05) is 26.0 Å². The van der Waals surface area contributed by atoms with Crippen LogP contribution in [0.4, 0.5) is 5.69 Å². The van der Waals surface area contributed by atoms with Gasteiger partial charge in [-0.05, 0) is 26.0 Å². The number of nitro groups is 1. The normalized spacial score (nSPS) is 15.5. The highest BCUT2D eigenvalue weighted by Gasteiger charge is 2.26. The van der Waals surface area contributed by atoms with E-state index in [0.717, 1.165) is 0 Å². The standard InChI is InChI=1S/C13H14N2O4/c1-13(2)4-3-8-5-9(6-12(14)16)10(15(17)18)7-11(8)19-13/h3-5,7H,6H2,1-2H3,(H2,14,16). The van der Waals surface area contributed by atoms with Crippen LogP contribution in [0.1, 0.15) is 25.0 Å². The average Bonchev–Trinajstić information content (AvgIpc) is 2.26. The molecule has 1 heterocycles. The Morgan fingerprint density at radius 1 is 1.47 bits per heavy atom. The van der Waals surface area contributed by atoms with Crippen LogP contribution in [0.2, 0.25) is 0 Å². The van der Waals surface area contributed by atoms with E-state index in [2.05, 4.69) is 0 Å². The van der Waals surface area contributed by atoms with Crippen LogP contribution in [-0.4, -0.2) is 16.4 Å². The summed E-state index contributed by atoms with van der Waals surface area (Å²) in [6.07, 6.45) is 3.52. The summed E-state index contributed by atoms with van der Waals surface area (Å²) >= 11 is 0. The molecule has 6 nitrogen and oxygen atoms in total. The fourth-order valence-corrected chi connectivity index (χ4v) is 1.96. The predicted octanol–water partition coefficient (Wildman–Crippen LogP) is 1.81. The molecular weight excluding hydrogens is 248 g/mol. The lowest BCUT2D eigenvalue weighted by Crippen LogP contribution is -2.27. The molecule has 0 bridgehead atoms. The number of ether oxygens (including phenoxy) is 1. The summed E-state index contributed by atoms with van der Waals surface area (Å²) in [5.74, 6) is -0.170. The lowest BCUT2D eigenvalue weighted by atomic mass is 9.98. The first-order chi connectivity index (χ1) is 8.78. The van der Waals surface area contributed by atoms with Gasteiger partial charge in [-0.2, -0.15) is 0 Å². The van der Waals surface area contributed by atoms with Crippen molar-refractivity contribution >= 4 is 17.7 Å². The number of carbonyl (C=O) groups is 1. The van der Waals surface area contributed by atoms with E-state index in [0.29, 0.717) is 16.9 Å². The van der Waals surface area contributed by atoms with Gasteiger partial charge in [0.25, 0.3) is 5.69 Å². The number of benzene rings is 1. The Balaban J connectivity index is 2.53. The summed E-state index contributed by atoms with van der Waals surface area (Å²) in [5, 5.41) is 11.0. The first kappa shape index (κ1) is 13.1. The van der Waals surface area contributed by atoms with Crippen LogP contribution in [0.15, 0.2) is 18.2 Å². The maximum absolute atomic E-state index is 11.0. The van der Waals surface area contributed by atoms with Gasteiger partial charge in [0.2, 0.25) is 5.91 Å². The van der Waals surface area contributed by atoms with Gasteiger partial charge in [-0.3, -0.25) is 14.9 Å². The maximum atomic E-state index is 11.0. The lowest BCUT2D eigenvalue weighted by molar-refractivity contribution is -0.385. The number of hydrogen-bond donors (Lipinski definition) is 1. The zero-order chi connectivity index (χ0) is 14.2. The minimum absolute atomic E-state index is 0.149. The minimum Gasteiger partial charge on any atom is -0.483 e. The molecule has 0 spiro atoms. The van der Waals surface area contributed by atoms with Gasteiger partial charge in [0.05, 0.1) is 17.4 Å². The van der Waals surface area contributed by atoms with Crippen molar-refractivity contribution < 1.29 is 14.5 Å². The summed E-state index contributed by atoms with van der Waals surface area (Å²) in [4.78, 5) is 21.5. The number of hydrogen-bond acceptors (Lipinski definition) is 4. The number of rotatable bonds is 3. The summed E-state index contributed by atoms with van der Waals surface area (Å²) < 4.78 is 5.66. The van der Waals surface area contributed by atoms with Crippen LogP contribution in [0.3, 0.4) is 0 Å². The van der Waals surface area contributed by atoms with Crippen LogP contribution in [0.5, 0.6) is 5.75 Å². The predicted molar refractivity (Wildman–Crippen MR) is 69.7 cm³/mol. The number of nitrogens with two attached hydrogens (primary N) is 1. The molecule has 0 fully saturated rings. The first-order valence-corrected chi connectivity index (χ1v) is 5.76. The number of carbonyl (C=O) groups excluding carboxylic acids is 1. The van der Waals surface area contributed by atoms with Crippen LogP contribution in [0.25, 0.3) is 6.08 Å². The molecule has 1 aromatic carbocycles. The molecule has 0 saturated heterocycles. The second-order valence-corrected chi connectivity index (χ2v) is 4.96. The molecule has 6 heteroatoms. The van der Waals surface area contributed by atoms with E-state index in [1.54, 1.807) is 6.07 Å².